The molecule has 0 fully saturated rings. The molecule has 0 spiro atoms. The number of hydrogen-bond donors (Lipinski definition) is 4. The summed E-state index contributed by atoms with van der Waals surface area (Å²) in [5.41, 5.74) is 3.40. The lowest BCUT2D eigenvalue weighted by atomic mass is 9.82. The molecule has 0 aliphatic heterocycles. The van der Waals surface area contributed by atoms with Gasteiger partial charge in [0, 0.05) is 35.6 Å². The molecule has 50 heavy (non-hydrogen) atoms. The summed E-state index contributed by atoms with van der Waals surface area (Å²) in [6, 6.07) is 10.9. The second-order valence-electron chi connectivity index (χ2n) is 13.5. The lowest BCUT2D eigenvalue weighted by Gasteiger charge is -2.24. The average Bonchev–Trinajstić information content (AvgIpc) is 3.08. The molecule has 1 aliphatic carbocycles. The van der Waals surface area contributed by atoms with Crippen molar-refractivity contribution in [3.63, 3.8) is 0 Å². The Hall–Kier alpha value is -3.76. The molecule has 2 unspecified atom stereocenters. The van der Waals surface area contributed by atoms with Gasteiger partial charge in [-0.05, 0) is 91.9 Å². The second-order valence-corrected chi connectivity index (χ2v) is 13.5. The number of carbonyl (C=O) groups is 4. The summed E-state index contributed by atoms with van der Waals surface area (Å²) in [5.74, 6) is -1.69. The number of nitrogens with one attached hydrogen (secondary N) is 2. The fraction of sp³-hybridized carbons (Fsp3) is 0.600. The van der Waals surface area contributed by atoms with Crippen LogP contribution in [0.2, 0.25) is 0 Å². The molecule has 4 N–H and O–H groups in total. The maximum absolute atomic E-state index is 13.4. The highest BCUT2D eigenvalue weighted by Crippen LogP contribution is 2.36. The van der Waals surface area contributed by atoms with Crippen molar-refractivity contribution in [2.45, 2.75) is 91.9 Å². The van der Waals surface area contributed by atoms with Crippen LogP contribution in [0.4, 0.5) is 11.4 Å². The molecule has 3 rings (SSSR count). The Bertz CT molecular complexity index is 1240. The van der Waals surface area contributed by atoms with Crippen molar-refractivity contribution < 1.29 is 29.4 Å². The standard InChI is InChI=1S/C24H32N4O2.2C8H16O2/c1-27(2)15-7-13-25-19-11-12-20(26-14-8-16-28(3)4)22-21(19)23(29)17-9-5-6-10-18(17)24(22)30;2*1-3-5-6-7(4-2)8(9)10/h5-6,9-12,25-26H,7-8,13-16H2,1-4H3;2*7H,3-6H2,1-2H3,(H,9,10). The van der Waals surface area contributed by atoms with Crippen LogP contribution in [0.15, 0.2) is 36.4 Å². The van der Waals surface area contributed by atoms with Crippen LogP contribution in [-0.4, -0.2) is 97.9 Å². The van der Waals surface area contributed by atoms with Gasteiger partial charge in [-0.25, -0.2) is 0 Å². The summed E-state index contributed by atoms with van der Waals surface area (Å²) in [6.07, 6.45) is 9.33. The van der Waals surface area contributed by atoms with Gasteiger partial charge < -0.3 is 30.6 Å². The molecule has 0 bridgehead atoms. The normalized spacial score (nSPS) is 12.9. The fourth-order valence-electron chi connectivity index (χ4n) is 5.66. The molecule has 0 aromatic heterocycles. The number of hydrogen-bond acceptors (Lipinski definition) is 8. The summed E-state index contributed by atoms with van der Waals surface area (Å²) in [5, 5.41) is 24.0. The Balaban J connectivity index is 0.000000512. The number of unbranched alkanes of at least 4 members (excludes halogenated alkanes) is 2. The number of benzene rings is 2. The van der Waals surface area contributed by atoms with E-state index >= 15 is 0 Å². The minimum absolute atomic E-state index is 0.0905. The lowest BCUT2D eigenvalue weighted by Crippen LogP contribution is -2.25. The topological polar surface area (TPSA) is 139 Å². The molecule has 280 valence electrons. The number of aliphatic carboxylic acids is 2. The monoisotopic (exact) mass is 696 g/mol. The first-order valence-electron chi connectivity index (χ1n) is 18.4. The number of carbonyl (C=O) groups excluding carboxylic acids is 2. The Morgan fingerprint density at radius 2 is 0.980 bits per heavy atom. The average molecular weight is 697 g/mol. The quantitative estimate of drug-likeness (QED) is 0.0867. The molecule has 10 heteroatoms. The van der Waals surface area contributed by atoms with Crippen molar-refractivity contribution in [2.75, 3.05) is 65.0 Å². The molecular formula is C40H64N4O6. The first-order valence-corrected chi connectivity index (χ1v) is 18.4. The Morgan fingerprint density at radius 1 is 0.620 bits per heavy atom. The van der Waals surface area contributed by atoms with Crippen molar-refractivity contribution in [3.8, 4) is 0 Å². The Labute approximate surface area is 301 Å². The van der Waals surface area contributed by atoms with E-state index in [9.17, 15) is 19.2 Å². The van der Waals surface area contributed by atoms with Crippen molar-refractivity contribution in [3.05, 3.63) is 58.7 Å². The van der Waals surface area contributed by atoms with E-state index in [1.807, 2.05) is 66.3 Å². The maximum Gasteiger partial charge on any atom is 0.306 e. The summed E-state index contributed by atoms with van der Waals surface area (Å²) in [4.78, 5) is 51.8. The molecule has 0 amide bonds. The minimum Gasteiger partial charge on any atom is -0.481 e. The Morgan fingerprint density at radius 3 is 1.26 bits per heavy atom. The minimum atomic E-state index is -0.643. The van der Waals surface area contributed by atoms with E-state index in [1.54, 1.807) is 12.1 Å². The van der Waals surface area contributed by atoms with Crippen LogP contribution in [0.1, 0.15) is 124 Å². The number of rotatable bonds is 20. The van der Waals surface area contributed by atoms with Crippen LogP contribution in [0, 0.1) is 11.8 Å². The molecule has 0 radical (unpaired) electrons. The van der Waals surface area contributed by atoms with E-state index in [4.69, 9.17) is 10.2 Å². The van der Waals surface area contributed by atoms with E-state index in [0.717, 1.165) is 102 Å². The van der Waals surface area contributed by atoms with Crippen LogP contribution < -0.4 is 10.6 Å². The SMILES string of the molecule is CCCCC(CC)C(=O)O.CCCCC(CC)C(=O)O.CN(C)CCCNc1ccc(NCCCN(C)C)c2c1C(=O)c1ccccc1C2=O. The highest BCUT2D eigenvalue weighted by Gasteiger charge is 2.33. The van der Waals surface area contributed by atoms with Crippen molar-refractivity contribution in [1.29, 1.82) is 0 Å². The zero-order chi connectivity index (χ0) is 37.6. The van der Waals surface area contributed by atoms with Gasteiger partial charge in [-0.3, -0.25) is 19.2 Å². The highest BCUT2D eigenvalue weighted by atomic mass is 16.4. The molecule has 2 atom stereocenters. The number of carboxylic acid groups (broad SMARTS) is 2. The molecule has 2 aromatic rings. The van der Waals surface area contributed by atoms with Crippen molar-refractivity contribution in [1.82, 2.24) is 9.80 Å². The molecule has 10 nitrogen and oxygen atoms in total. The summed E-state index contributed by atoms with van der Waals surface area (Å²) in [6.45, 7) is 11.4. The van der Waals surface area contributed by atoms with Crippen LogP contribution in [0.5, 0.6) is 0 Å². The predicted octanol–water partition coefficient (Wildman–Crippen LogP) is 7.76. The predicted molar refractivity (Wildman–Crippen MR) is 205 cm³/mol. The maximum atomic E-state index is 13.4. The van der Waals surface area contributed by atoms with Crippen LogP contribution in [0.25, 0.3) is 0 Å². The number of anilines is 2. The van der Waals surface area contributed by atoms with Crippen LogP contribution >= 0.6 is 0 Å². The first-order chi connectivity index (χ1) is 23.8. The Kier molecular flexibility index (Phi) is 21.6. The van der Waals surface area contributed by atoms with E-state index < -0.39 is 11.9 Å². The molecule has 0 heterocycles. The van der Waals surface area contributed by atoms with Crippen LogP contribution in [-0.2, 0) is 9.59 Å². The largest absolute Gasteiger partial charge is 0.481 e. The van der Waals surface area contributed by atoms with Gasteiger partial charge in [0.05, 0.1) is 23.0 Å². The molecule has 0 saturated heterocycles. The van der Waals surface area contributed by atoms with E-state index in [0.29, 0.717) is 22.3 Å². The lowest BCUT2D eigenvalue weighted by molar-refractivity contribution is -0.143. The van der Waals surface area contributed by atoms with E-state index in [2.05, 4.69) is 34.3 Å². The van der Waals surface area contributed by atoms with Gasteiger partial charge in [-0.1, -0.05) is 77.6 Å². The first kappa shape index (κ1) is 44.3. The zero-order valence-electron chi connectivity index (χ0n) is 31.9. The third kappa shape index (κ3) is 15.0. The van der Waals surface area contributed by atoms with E-state index in [-0.39, 0.29) is 23.4 Å². The summed E-state index contributed by atoms with van der Waals surface area (Å²) < 4.78 is 0. The summed E-state index contributed by atoms with van der Waals surface area (Å²) >= 11 is 0. The second kappa shape index (κ2) is 24.4. The van der Waals surface area contributed by atoms with Gasteiger partial charge in [-0.2, -0.15) is 0 Å². The van der Waals surface area contributed by atoms with Gasteiger partial charge in [0.25, 0.3) is 0 Å². The van der Waals surface area contributed by atoms with E-state index in [1.165, 1.54) is 0 Å². The molecule has 1 aliphatic rings. The van der Waals surface area contributed by atoms with Gasteiger partial charge >= 0.3 is 11.9 Å². The summed E-state index contributed by atoms with van der Waals surface area (Å²) in [7, 11) is 8.16. The molecular weight excluding hydrogens is 632 g/mol. The van der Waals surface area contributed by atoms with Gasteiger partial charge in [0.15, 0.2) is 11.6 Å². The fourth-order valence-corrected chi connectivity index (χ4v) is 5.66. The highest BCUT2D eigenvalue weighted by molar-refractivity contribution is 6.31. The number of carboxylic acids is 2. The number of nitrogens with zero attached hydrogens (tertiary/aromatic N) is 2. The smallest absolute Gasteiger partial charge is 0.306 e. The van der Waals surface area contributed by atoms with Gasteiger partial charge in [0.2, 0.25) is 0 Å². The molecule has 0 saturated carbocycles. The number of ketones is 2. The number of fused-ring (bicyclic) bond motifs is 2. The van der Waals surface area contributed by atoms with Gasteiger partial charge in [0.1, 0.15) is 0 Å². The van der Waals surface area contributed by atoms with Crippen molar-refractivity contribution >= 4 is 34.9 Å². The third-order valence-corrected chi connectivity index (χ3v) is 8.77. The third-order valence-electron chi connectivity index (χ3n) is 8.77. The van der Waals surface area contributed by atoms with Crippen molar-refractivity contribution in [2.24, 2.45) is 11.8 Å². The van der Waals surface area contributed by atoms with Crippen LogP contribution in [0.3, 0.4) is 0 Å². The molecule has 2 aromatic carbocycles. The van der Waals surface area contributed by atoms with Gasteiger partial charge in [-0.15, -0.1) is 0 Å². The zero-order valence-corrected chi connectivity index (χ0v) is 31.9.